The Bertz CT molecular complexity index is 357. The first-order valence-corrected chi connectivity index (χ1v) is 6.98. The second-order valence-electron chi connectivity index (χ2n) is 5.09. The summed E-state index contributed by atoms with van der Waals surface area (Å²) in [6, 6.07) is 8.86. The molecule has 100 valence electrons. The molecule has 0 unspecified atom stereocenters. The van der Waals surface area contributed by atoms with Gasteiger partial charge in [-0.1, -0.05) is 12.1 Å². The first-order chi connectivity index (χ1) is 8.83. The number of nitrogens with zero attached hydrogens (tertiary/aromatic N) is 1. The highest BCUT2D eigenvalue weighted by atomic mass is 15.1. The number of likely N-dealkylation sites (tertiary alicyclic amines) is 1. The van der Waals surface area contributed by atoms with Crippen LogP contribution in [-0.2, 0) is 0 Å². The third-order valence-corrected chi connectivity index (χ3v) is 3.91. The van der Waals surface area contributed by atoms with Gasteiger partial charge in [0.25, 0.3) is 0 Å². The first-order valence-electron chi connectivity index (χ1n) is 6.98. The zero-order valence-corrected chi connectivity index (χ0v) is 11.6. The summed E-state index contributed by atoms with van der Waals surface area (Å²) >= 11 is 0. The fraction of sp³-hybridized carbons (Fsp3) is 0.600. The van der Waals surface area contributed by atoms with Crippen molar-refractivity contribution in [2.45, 2.75) is 18.8 Å². The highest BCUT2D eigenvalue weighted by Gasteiger charge is 2.20. The average molecular weight is 247 g/mol. The van der Waals surface area contributed by atoms with Gasteiger partial charge < -0.3 is 15.5 Å². The minimum atomic E-state index is 0.740. The quantitative estimate of drug-likeness (QED) is 0.834. The molecule has 1 aromatic rings. The molecule has 2 N–H and O–H groups in total. The molecule has 0 atom stereocenters. The van der Waals surface area contributed by atoms with E-state index >= 15 is 0 Å². The Balaban J connectivity index is 1.88. The number of nitrogens with one attached hydrogen (secondary N) is 2. The second-order valence-corrected chi connectivity index (χ2v) is 5.09. The fourth-order valence-electron chi connectivity index (χ4n) is 2.71. The average Bonchev–Trinajstić information content (AvgIpc) is 2.46. The molecule has 1 heterocycles. The molecule has 3 heteroatoms. The highest BCUT2D eigenvalue weighted by Crippen LogP contribution is 2.29. The molecule has 1 fully saturated rings. The summed E-state index contributed by atoms with van der Waals surface area (Å²) in [4.78, 5) is 2.56. The van der Waals surface area contributed by atoms with E-state index in [-0.39, 0.29) is 0 Å². The molecule has 1 aliphatic heterocycles. The van der Waals surface area contributed by atoms with Gasteiger partial charge in [-0.25, -0.2) is 0 Å². The van der Waals surface area contributed by atoms with Crippen LogP contribution in [0.15, 0.2) is 24.3 Å². The van der Waals surface area contributed by atoms with Crippen molar-refractivity contribution >= 4 is 5.69 Å². The summed E-state index contributed by atoms with van der Waals surface area (Å²) in [5, 5.41) is 6.45. The number of piperidine rings is 1. The predicted octanol–water partition coefficient (Wildman–Crippen LogP) is 2.13. The summed E-state index contributed by atoms with van der Waals surface area (Å²) in [6.07, 6.45) is 2.58. The van der Waals surface area contributed by atoms with E-state index in [0.29, 0.717) is 0 Å². The Morgan fingerprint density at radius 1 is 1.22 bits per heavy atom. The number of hydrogen-bond donors (Lipinski definition) is 2. The number of anilines is 1. The van der Waals surface area contributed by atoms with E-state index in [1.165, 1.54) is 43.7 Å². The van der Waals surface area contributed by atoms with Crippen LogP contribution in [-0.4, -0.2) is 45.2 Å². The molecule has 2 rings (SSSR count). The lowest BCUT2D eigenvalue weighted by atomic mass is 9.89. The number of rotatable bonds is 5. The van der Waals surface area contributed by atoms with Gasteiger partial charge >= 0.3 is 0 Å². The molecule has 0 radical (unpaired) electrons. The van der Waals surface area contributed by atoms with Crippen LogP contribution in [0.3, 0.4) is 0 Å². The molecule has 1 saturated heterocycles. The van der Waals surface area contributed by atoms with Crippen molar-refractivity contribution in [2.75, 3.05) is 45.6 Å². The molecule has 0 aromatic heterocycles. The third kappa shape index (κ3) is 3.47. The van der Waals surface area contributed by atoms with E-state index in [9.17, 15) is 0 Å². The zero-order chi connectivity index (χ0) is 12.8. The smallest absolute Gasteiger partial charge is 0.0340 e. The summed E-state index contributed by atoms with van der Waals surface area (Å²) < 4.78 is 0. The van der Waals surface area contributed by atoms with Gasteiger partial charge in [0.05, 0.1) is 0 Å². The summed E-state index contributed by atoms with van der Waals surface area (Å²) in [6.45, 7) is 4.74. The van der Waals surface area contributed by atoms with Gasteiger partial charge in [-0.3, -0.25) is 0 Å². The van der Waals surface area contributed by atoms with Gasteiger partial charge in [-0.05, 0) is 56.6 Å². The maximum atomic E-state index is 3.22. The summed E-state index contributed by atoms with van der Waals surface area (Å²) in [5.74, 6) is 0.740. The molecule has 3 nitrogen and oxygen atoms in total. The van der Waals surface area contributed by atoms with Crippen LogP contribution in [0, 0.1) is 0 Å². The molecule has 18 heavy (non-hydrogen) atoms. The molecule has 0 amide bonds. The molecule has 0 bridgehead atoms. The van der Waals surface area contributed by atoms with Crippen molar-refractivity contribution < 1.29 is 0 Å². The lowest BCUT2D eigenvalue weighted by Gasteiger charge is -2.32. The van der Waals surface area contributed by atoms with Gasteiger partial charge in [0.15, 0.2) is 0 Å². The van der Waals surface area contributed by atoms with Gasteiger partial charge in [0, 0.05) is 25.8 Å². The Hall–Kier alpha value is -1.06. The molecular formula is C15H25N3. The monoisotopic (exact) mass is 247 g/mol. The van der Waals surface area contributed by atoms with Crippen LogP contribution in [0.1, 0.15) is 24.3 Å². The minimum Gasteiger partial charge on any atom is -0.388 e. The maximum absolute atomic E-state index is 3.22. The summed E-state index contributed by atoms with van der Waals surface area (Å²) in [5.41, 5.74) is 2.72. The van der Waals surface area contributed by atoms with E-state index in [0.717, 1.165) is 12.5 Å². The normalized spacial score (nSPS) is 17.9. The van der Waals surface area contributed by atoms with Gasteiger partial charge in [-0.15, -0.1) is 0 Å². The van der Waals surface area contributed by atoms with Crippen LogP contribution < -0.4 is 10.6 Å². The van der Waals surface area contributed by atoms with Crippen molar-refractivity contribution in [3.05, 3.63) is 29.8 Å². The van der Waals surface area contributed by atoms with Gasteiger partial charge in [0.2, 0.25) is 0 Å². The van der Waals surface area contributed by atoms with E-state index in [4.69, 9.17) is 0 Å². The second kappa shape index (κ2) is 6.76. The molecule has 1 aromatic carbocycles. The van der Waals surface area contributed by atoms with Crippen LogP contribution in [0.25, 0.3) is 0 Å². The Labute approximate surface area is 111 Å². The number of benzene rings is 1. The SMILES string of the molecule is CNCCN1CCC(c2cccc(NC)c2)CC1. The van der Waals surface area contributed by atoms with E-state index < -0.39 is 0 Å². The lowest BCUT2D eigenvalue weighted by Crippen LogP contribution is -2.37. The van der Waals surface area contributed by atoms with Crippen molar-refractivity contribution in [1.29, 1.82) is 0 Å². The van der Waals surface area contributed by atoms with Crippen LogP contribution in [0.2, 0.25) is 0 Å². The largest absolute Gasteiger partial charge is 0.388 e. The topological polar surface area (TPSA) is 27.3 Å². The van der Waals surface area contributed by atoms with Crippen molar-refractivity contribution in [1.82, 2.24) is 10.2 Å². The number of likely N-dealkylation sites (N-methyl/N-ethyl adjacent to an activating group) is 1. The van der Waals surface area contributed by atoms with Crippen LogP contribution in [0.5, 0.6) is 0 Å². The highest BCUT2D eigenvalue weighted by molar-refractivity contribution is 5.46. The standard InChI is InChI=1S/C15H25N3/c1-16-8-11-18-9-6-13(7-10-18)14-4-3-5-15(12-14)17-2/h3-5,12-13,16-17H,6-11H2,1-2H3. The fourth-order valence-corrected chi connectivity index (χ4v) is 2.71. The molecule has 1 aliphatic rings. The zero-order valence-electron chi connectivity index (χ0n) is 11.6. The molecular weight excluding hydrogens is 222 g/mol. The maximum Gasteiger partial charge on any atom is 0.0340 e. The van der Waals surface area contributed by atoms with E-state index in [1.807, 2.05) is 14.1 Å². The van der Waals surface area contributed by atoms with Crippen LogP contribution in [0.4, 0.5) is 5.69 Å². The Morgan fingerprint density at radius 2 is 2.00 bits per heavy atom. The third-order valence-electron chi connectivity index (χ3n) is 3.91. The van der Waals surface area contributed by atoms with E-state index in [1.54, 1.807) is 0 Å². The molecule has 0 spiro atoms. The Kier molecular flexibility index (Phi) is 5.02. The van der Waals surface area contributed by atoms with Crippen molar-refractivity contribution in [2.24, 2.45) is 0 Å². The Morgan fingerprint density at radius 3 is 2.67 bits per heavy atom. The lowest BCUT2D eigenvalue weighted by molar-refractivity contribution is 0.214. The molecule has 0 aliphatic carbocycles. The minimum absolute atomic E-state index is 0.740. The first kappa shape index (κ1) is 13.4. The predicted molar refractivity (Wildman–Crippen MR) is 78.3 cm³/mol. The number of hydrogen-bond acceptors (Lipinski definition) is 3. The van der Waals surface area contributed by atoms with E-state index in [2.05, 4.69) is 39.8 Å². The van der Waals surface area contributed by atoms with Gasteiger partial charge in [-0.2, -0.15) is 0 Å². The molecule has 0 saturated carbocycles. The van der Waals surface area contributed by atoms with Crippen LogP contribution >= 0.6 is 0 Å². The van der Waals surface area contributed by atoms with Crippen molar-refractivity contribution in [3.8, 4) is 0 Å². The van der Waals surface area contributed by atoms with Crippen molar-refractivity contribution in [3.63, 3.8) is 0 Å². The summed E-state index contributed by atoms with van der Waals surface area (Å²) in [7, 11) is 4.01. The van der Waals surface area contributed by atoms with Gasteiger partial charge in [0.1, 0.15) is 0 Å².